The second-order valence-corrected chi connectivity index (χ2v) is 34.1. The van der Waals surface area contributed by atoms with E-state index in [4.69, 9.17) is 13.9 Å². The van der Waals surface area contributed by atoms with Crippen LogP contribution in [0.2, 0.25) is 0 Å². The highest BCUT2D eigenvalue weighted by atomic mass is 32.3. The zero-order chi connectivity index (χ0) is 72.4. The zero-order valence-electron chi connectivity index (χ0n) is 55.1. The van der Waals surface area contributed by atoms with Crippen LogP contribution in [-0.4, -0.2) is 110 Å². The molecule has 1 saturated heterocycles. The number of hydrogen-bond acceptors (Lipinski definition) is 18. The van der Waals surface area contributed by atoms with Crippen molar-refractivity contribution in [3.8, 4) is 43.6 Å². The normalized spacial score (nSPS) is 16.4. The Morgan fingerprint density at radius 3 is 2.27 bits per heavy atom. The van der Waals surface area contributed by atoms with Crippen LogP contribution in [0.4, 0.5) is 49.6 Å². The second kappa shape index (κ2) is 26.2. The first-order valence-electron chi connectivity index (χ1n) is 31.8. The fourth-order valence-electron chi connectivity index (χ4n) is 13.5. The minimum Gasteiger partial charge on any atom is -0.743 e. The maximum Gasteiger partial charge on any atom is 0.416 e. The third-order valence-corrected chi connectivity index (χ3v) is 26.5. The molecule has 4 amide bonds. The number of rotatable bonds is 18. The number of piperidine rings is 1. The van der Waals surface area contributed by atoms with Gasteiger partial charge in [0.1, 0.15) is 53.6 Å². The molecule has 8 heterocycles. The lowest BCUT2D eigenvalue weighted by Crippen LogP contribution is -2.56. The number of nitrogens with one attached hydrogen (secondary N) is 3. The van der Waals surface area contributed by atoms with Crippen LogP contribution < -0.4 is 50.5 Å². The molecule has 5 aliphatic rings. The first-order chi connectivity index (χ1) is 47.5. The van der Waals surface area contributed by atoms with Crippen molar-refractivity contribution in [3.05, 3.63) is 159 Å². The maximum atomic E-state index is 18.2. The summed E-state index contributed by atoms with van der Waals surface area (Å²) in [6, 6.07) is 24.0. The highest BCUT2D eigenvalue weighted by molar-refractivity contribution is 8.00. The molecule has 5 aromatic carbocycles. The predicted octanol–water partition coefficient (Wildman–Crippen LogP) is 11.5. The van der Waals surface area contributed by atoms with Crippen molar-refractivity contribution < 1.29 is 79.6 Å². The van der Waals surface area contributed by atoms with Crippen molar-refractivity contribution >= 4 is 111 Å². The number of carbonyl (C=O) groups is 3. The Morgan fingerprint density at radius 2 is 1.55 bits per heavy atom. The van der Waals surface area contributed by atoms with Gasteiger partial charge in [0.25, 0.3) is 10.1 Å². The summed E-state index contributed by atoms with van der Waals surface area (Å²) in [5.41, 5.74) is 0.718. The molecule has 1 atom stereocenters. The zero-order valence-corrected chi connectivity index (χ0v) is 60.0. The Hall–Kier alpha value is -8.34. The summed E-state index contributed by atoms with van der Waals surface area (Å²) >= 11 is 2.03. The van der Waals surface area contributed by atoms with Gasteiger partial charge in [-0.15, -0.1) is 34.4 Å². The van der Waals surface area contributed by atoms with E-state index in [0.29, 0.717) is 127 Å². The maximum absolute atomic E-state index is 18.2. The number of hydrogen-bond donors (Lipinski definition) is 4. The smallest absolute Gasteiger partial charge is 0.416 e. The van der Waals surface area contributed by atoms with Crippen LogP contribution >= 0.6 is 34.4 Å². The Balaban J connectivity index is 0.698. The van der Waals surface area contributed by atoms with E-state index in [-0.39, 0.29) is 69.1 Å². The number of anilines is 4. The molecule has 101 heavy (non-hydrogen) atoms. The first kappa shape index (κ1) is 71.1. The van der Waals surface area contributed by atoms with Crippen LogP contribution in [0.15, 0.2) is 121 Å². The van der Waals surface area contributed by atoms with Gasteiger partial charge in [0.15, 0.2) is 11.4 Å². The molecular weight excluding hydrogens is 1440 g/mol. The summed E-state index contributed by atoms with van der Waals surface area (Å²) in [4.78, 5) is 49.8. The van der Waals surface area contributed by atoms with Crippen molar-refractivity contribution in [1.29, 1.82) is 0 Å². The van der Waals surface area contributed by atoms with Crippen LogP contribution in [0.1, 0.15) is 99.6 Å². The van der Waals surface area contributed by atoms with Crippen LogP contribution in [0, 0.1) is 11.6 Å². The molecule has 21 nitrogen and oxygen atoms in total. The summed E-state index contributed by atoms with van der Waals surface area (Å²) < 4.78 is 191. The number of fused-ring (bicyclic) bond motifs is 12. The van der Waals surface area contributed by atoms with Crippen LogP contribution in [0.3, 0.4) is 0 Å². The molecule has 4 N–H and O–H groups in total. The van der Waals surface area contributed by atoms with Crippen molar-refractivity contribution in [3.63, 3.8) is 0 Å². The van der Waals surface area contributed by atoms with Gasteiger partial charge in [0.2, 0.25) is 17.2 Å². The monoisotopic (exact) mass is 1500 g/mol. The summed E-state index contributed by atoms with van der Waals surface area (Å²) in [5.74, 6) is -3.69. The Labute approximate surface area is 590 Å². The van der Waals surface area contributed by atoms with Gasteiger partial charge in [-0.25, -0.2) is 31.6 Å². The molecule has 5 aliphatic heterocycles. The number of nitrogens with zero attached hydrogens (tertiary/aromatic N) is 5. The van der Waals surface area contributed by atoms with Crippen molar-refractivity contribution in [1.82, 2.24) is 20.2 Å². The van der Waals surface area contributed by atoms with Gasteiger partial charge in [-0.05, 0) is 117 Å². The second-order valence-electron chi connectivity index (χ2n) is 26.1. The van der Waals surface area contributed by atoms with Crippen LogP contribution in [0.5, 0.6) is 11.5 Å². The van der Waals surface area contributed by atoms with Gasteiger partial charge in [0, 0.05) is 119 Å². The number of ether oxygens (including phenoxy) is 1. The summed E-state index contributed by atoms with van der Waals surface area (Å²) in [7, 11) is -10.7. The molecule has 8 aromatic rings. The molecule has 1 fully saturated rings. The number of carbonyl (C=O) groups excluding carboxylic acids is 3. The van der Waals surface area contributed by atoms with E-state index in [9.17, 15) is 61.9 Å². The molecule has 0 spiro atoms. The molecular formula is C69H65F5N8O13S6. The van der Waals surface area contributed by atoms with Crippen LogP contribution in [-0.2, 0) is 67.9 Å². The Bertz CT molecular complexity index is 5320. The third-order valence-electron chi connectivity index (χ3n) is 19.3. The predicted molar refractivity (Wildman–Crippen MR) is 372 cm³/mol. The number of benzene rings is 5. The number of halogens is 5. The van der Waals surface area contributed by atoms with Crippen molar-refractivity contribution in [2.45, 2.75) is 114 Å². The highest BCUT2D eigenvalue weighted by Crippen LogP contribution is 2.56. The fourth-order valence-corrected chi connectivity index (χ4v) is 19.2. The number of amides is 4. The van der Waals surface area contributed by atoms with E-state index in [2.05, 4.69) is 20.9 Å². The summed E-state index contributed by atoms with van der Waals surface area (Å²) in [5, 5.41) is 9.01. The van der Waals surface area contributed by atoms with E-state index in [0.717, 1.165) is 49.1 Å². The lowest BCUT2D eigenvalue weighted by molar-refractivity contribution is -0.137. The first-order valence-corrected chi connectivity index (χ1v) is 38.7. The highest BCUT2D eigenvalue weighted by Gasteiger charge is 2.45. The van der Waals surface area contributed by atoms with Crippen molar-refractivity contribution in [2.24, 2.45) is 0 Å². The number of thiophene rings is 2. The summed E-state index contributed by atoms with van der Waals surface area (Å²) in [6.07, 6.45) is -1.48. The average molecular weight is 1500 g/mol. The number of pyridine rings is 1. The minimum atomic E-state index is -5.19. The molecule has 0 saturated carbocycles. The van der Waals surface area contributed by atoms with Gasteiger partial charge in [0.05, 0.1) is 57.9 Å². The Morgan fingerprint density at radius 1 is 0.832 bits per heavy atom. The number of urea groups is 1. The molecule has 1 unspecified atom stereocenters. The quantitative estimate of drug-likeness (QED) is 0.0155. The average Bonchev–Trinajstić information content (AvgIpc) is 1.70. The van der Waals surface area contributed by atoms with Crippen LogP contribution in [0.25, 0.3) is 37.7 Å². The lowest BCUT2D eigenvalue weighted by Gasteiger charge is -2.45. The standard InChI is InChI=1S/C69H65F5N8O13S6/c1-67(2)45-28-57(99(86,87)88)97-62(45)41-26-43-52(31-50(41)79(67)5)95-53-32-51-42(63-46(68(3,4)80(51)6)29-58(98-63)100(89,90)91)27-44(53)59(43)60-61(71)54(30-47(70)64(60)101(92,93)94-7)96-35-56(84)75-23-10-8-9-16-55(83)76-33-36-17-19-39(20-18-36)77-66(85)82-40-15-12-24-81(34-40)49-22-21-48(78-65(49)82)37-13-11-14-38(25-37)69(72,73)74/h11,13-14,17-22,25-32,40H,8-10,12,15-16,23-24,33-35H2,1-7H3,(H4-,75,76,77,83,84,85,86,87,88,89,90,91). The van der Waals surface area contributed by atoms with E-state index < -0.39 is 102 Å². The third kappa shape index (κ3) is 13.2. The number of alkyl halides is 3. The Kier molecular flexibility index (Phi) is 18.4. The summed E-state index contributed by atoms with van der Waals surface area (Å²) in [6.45, 7) is 8.92. The number of thioether (sulfide) groups is 1. The molecule has 0 aliphatic carbocycles. The van der Waals surface area contributed by atoms with E-state index >= 15 is 8.78 Å². The molecule has 0 radical (unpaired) electrons. The lowest BCUT2D eigenvalue weighted by atomic mass is 9.83. The van der Waals surface area contributed by atoms with Gasteiger partial charge in [-0.1, -0.05) is 30.7 Å². The molecule has 32 heteroatoms. The number of unbranched alkanes of at least 4 members (excludes halogenated alkanes) is 2. The van der Waals surface area contributed by atoms with Crippen molar-refractivity contribution in [2.75, 3.05) is 66.6 Å². The number of aromatic nitrogens is 1. The fraction of sp³-hybridized carbons (Fsp3) is 0.319. The molecule has 2 bridgehead atoms. The van der Waals surface area contributed by atoms with E-state index in [1.807, 2.05) is 37.2 Å². The van der Waals surface area contributed by atoms with Gasteiger partial charge >= 0.3 is 22.3 Å². The van der Waals surface area contributed by atoms with Gasteiger partial charge in [-0.3, -0.25) is 23.2 Å². The van der Waals surface area contributed by atoms with E-state index in [1.54, 1.807) is 73.6 Å². The molecule has 13 rings (SSSR count). The molecule has 3 aromatic heterocycles. The van der Waals surface area contributed by atoms with E-state index in [1.165, 1.54) is 30.3 Å². The SMILES string of the molecule is COS(=O)(=O)c1c(F)cc(SCC(=O)NCCCCCC(=O)NCc2ccc(NC(=O)N3c4nc(-c5cccc(C(F)(F)F)c5)ccc4N4CCCC3C4)cc2)c(F)c1C1=c2cc3c(cc2Oc2cc4c(cc21)-c1sc(S(=O)(=O)O)cc1C(C)(C)N4C)=[N+](C)C(C)(C)c1cc(S(=O)(=O)[O-])sc1-3. The molecule has 530 valence electrons. The topological polar surface area (TPSA) is 277 Å². The van der Waals surface area contributed by atoms with Gasteiger partial charge in [-0.2, -0.15) is 30.0 Å². The van der Waals surface area contributed by atoms with Gasteiger partial charge < -0.3 is 35.0 Å². The largest absolute Gasteiger partial charge is 0.743 e. The minimum absolute atomic E-state index is 0.0158.